The van der Waals surface area contributed by atoms with Gasteiger partial charge in [-0.1, -0.05) is 354 Å². The Morgan fingerprint density at radius 3 is 0.649 bits per heavy atom. The number of ether oxygens (including phenoxy) is 3. The summed E-state index contributed by atoms with van der Waals surface area (Å²) in [6.45, 7) is 6.66. The van der Waals surface area contributed by atoms with Crippen LogP contribution in [-0.4, -0.2) is 37.2 Å². The number of carbonyl (C=O) groups is 3. The predicted octanol–water partition coefficient (Wildman–Crippen LogP) is 24.0. The smallest absolute Gasteiger partial charge is 0.306 e. The van der Waals surface area contributed by atoms with E-state index in [4.69, 9.17) is 14.2 Å². The van der Waals surface area contributed by atoms with Gasteiger partial charge in [0.05, 0.1) is 0 Å². The molecular formula is C71H136O6. The van der Waals surface area contributed by atoms with E-state index in [0.29, 0.717) is 19.3 Å². The SMILES string of the molecule is CCCCCCCCCC/C=C\CCCCCCCCCCCC(=O)OC(COC(=O)CCCCCCCC)COC(=O)CCCCCCCCCCCCCCCCCCCCCCCCCCCCCCCCCC. The van der Waals surface area contributed by atoms with Gasteiger partial charge in [-0.15, -0.1) is 0 Å². The van der Waals surface area contributed by atoms with Crippen LogP contribution < -0.4 is 0 Å². The van der Waals surface area contributed by atoms with E-state index in [9.17, 15) is 14.4 Å². The lowest BCUT2D eigenvalue weighted by Crippen LogP contribution is -2.30. The van der Waals surface area contributed by atoms with E-state index in [2.05, 4.69) is 32.9 Å². The molecule has 0 rings (SSSR count). The molecule has 0 bridgehead atoms. The summed E-state index contributed by atoms with van der Waals surface area (Å²) in [6.07, 6.45) is 80.1. The molecule has 0 aliphatic carbocycles. The number of rotatable bonds is 66. The largest absolute Gasteiger partial charge is 0.462 e. The third-order valence-electron chi connectivity index (χ3n) is 16.3. The molecule has 0 aliphatic heterocycles. The van der Waals surface area contributed by atoms with Gasteiger partial charge in [0.1, 0.15) is 13.2 Å². The van der Waals surface area contributed by atoms with Crippen LogP contribution in [0.3, 0.4) is 0 Å². The lowest BCUT2D eigenvalue weighted by molar-refractivity contribution is -0.167. The molecule has 0 amide bonds. The van der Waals surface area contributed by atoms with Crippen molar-refractivity contribution in [3.05, 3.63) is 12.2 Å². The van der Waals surface area contributed by atoms with E-state index in [0.717, 1.165) is 57.8 Å². The van der Waals surface area contributed by atoms with Crippen LogP contribution in [0.25, 0.3) is 0 Å². The average Bonchev–Trinajstić information content (AvgIpc) is 3.43. The van der Waals surface area contributed by atoms with E-state index in [1.165, 1.54) is 308 Å². The van der Waals surface area contributed by atoms with Crippen LogP contribution in [-0.2, 0) is 28.6 Å². The van der Waals surface area contributed by atoms with Gasteiger partial charge in [0, 0.05) is 19.3 Å². The summed E-state index contributed by atoms with van der Waals surface area (Å²) >= 11 is 0. The van der Waals surface area contributed by atoms with Crippen molar-refractivity contribution in [3.63, 3.8) is 0 Å². The van der Waals surface area contributed by atoms with Crippen LogP contribution in [0.4, 0.5) is 0 Å². The van der Waals surface area contributed by atoms with Gasteiger partial charge in [-0.05, 0) is 44.9 Å². The van der Waals surface area contributed by atoms with Gasteiger partial charge >= 0.3 is 17.9 Å². The van der Waals surface area contributed by atoms with Crippen LogP contribution in [0.2, 0.25) is 0 Å². The lowest BCUT2D eigenvalue weighted by atomic mass is 10.0. The van der Waals surface area contributed by atoms with E-state index < -0.39 is 6.10 Å². The number of unbranched alkanes of at least 4 members (excludes halogenated alkanes) is 53. The van der Waals surface area contributed by atoms with E-state index >= 15 is 0 Å². The van der Waals surface area contributed by atoms with Crippen LogP contribution >= 0.6 is 0 Å². The number of allylic oxidation sites excluding steroid dienone is 2. The molecular weight excluding hydrogens is 949 g/mol. The zero-order chi connectivity index (χ0) is 55.7. The third-order valence-corrected chi connectivity index (χ3v) is 16.3. The fourth-order valence-corrected chi connectivity index (χ4v) is 11.0. The molecule has 1 atom stereocenters. The molecule has 0 saturated heterocycles. The molecule has 0 aromatic rings. The number of hydrogen-bond acceptors (Lipinski definition) is 6. The second-order valence-electron chi connectivity index (χ2n) is 24.2. The quantitative estimate of drug-likeness (QED) is 0.0261. The molecule has 0 heterocycles. The van der Waals surface area contributed by atoms with Crippen molar-refractivity contribution in [3.8, 4) is 0 Å². The van der Waals surface area contributed by atoms with Gasteiger partial charge in [0.25, 0.3) is 0 Å². The maximum Gasteiger partial charge on any atom is 0.306 e. The minimum absolute atomic E-state index is 0.0654. The van der Waals surface area contributed by atoms with Crippen LogP contribution in [0.15, 0.2) is 12.2 Å². The van der Waals surface area contributed by atoms with Gasteiger partial charge in [0.2, 0.25) is 0 Å². The number of esters is 3. The molecule has 6 heteroatoms. The maximum atomic E-state index is 12.9. The van der Waals surface area contributed by atoms with Gasteiger partial charge < -0.3 is 14.2 Å². The van der Waals surface area contributed by atoms with Gasteiger partial charge in [-0.25, -0.2) is 0 Å². The Kier molecular flexibility index (Phi) is 65.1. The Morgan fingerprint density at radius 2 is 0.429 bits per heavy atom. The highest BCUT2D eigenvalue weighted by Gasteiger charge is 2.19. The summed E-state index contributed by atoms with van der Waals surface area (Å²) in [5, 5.41) is 0. The third kappa shape index (κ3) is 64.9. The summed E-state index contributed by atoms with van der Waals surface area (Å²) in [5.41, 5.74) is 0. The molecule has 0 aliphatic rings. The van der Waals surface area contributed by atoms with Gasteiger partial charge in [0.15, 0.2) is 6.10 Å². The van der Waals surface area contributed by atoms with Crippen molar-refractivity contribution in [2.75, 3.05) is 13.2 Å². The average molecular weight is 1090 g/mol. The fraction of sp³-hybridized carbons (Fsp3) is 0.930. The summed E-state index contributed by atoms with van der Waals surface area (Å²) in [5.74, 6) is -0.849. The highest BCUT2D eigenvalue weighted by molar-refractivity contribution is 5.71. The molecule has 456 valence electrons. The molecule has 6 nitrogen and oxygen atoms in total. The fourth-order valence-electron chi connectivity index (χ4n) is 11.0. The number of carbonyl (C=O) groups excluding carboxylic acids is 3. The maximum absolute atomic E-state index is 12.9. The highest BCUT2D eigenvalue weighted by atomic mass is 16.6. The highest BCUT2D eigenvalue weighted by Crippen LogP contribution is 2.19. The molecule has 0 spiro atoms. The minimum Gasteiger partial charge on any atom is -0.462 e. The van der Waals surface area contributed by atoms with Crippen molar-refractivity contribution in [2.24, 2.45) is 0 Å². The molecule has 0 fully saturated rings. The number of hydrogen-bond donors (Lipinski definition) is 0. The summed E-state index contributed by atoms with van der Waals surface area (Å²) < 4.78 is 16.8. The summed E-state index contributed by atoms with van der Waals surface area (Å²) in [6, 6.07) is 0. The first kappa shape index (κ1) is 75.2. The standard InChI is InChI=1S/C71H136O6/c1-4-7-10-13-16-18-20-22-24-26-28-30-31-32-33-34-35-36-37-38-39-40-42-43-45-47-49-51-53-55-58-61-64-70(73)76-67-68(66-75-69(72)63-60-57-15-12-9-6-3)77-71(74)65-62-59-56-54-52-50-48-46-44-41-29-27-25-23-21-19-17-14-11-8-5-2/h27,29,68H,4-26,28,30-67H2,1-3H3/b29-27-. The second-order valence-corrected chi connectivity index (χ2v) is 24.2. The predicted molar refractivity (Wildman–Crippen MR) is 335 cm³/mol. The Balaban J connectivity index is 3.92. The Hall–Kier alpha value is -1.85. The molecule has 0 radical (unpaired) electrons. The molecule has 0 saturated carbocycles. The van der Waals surface area contributed by atoms with Crippen molar-refractivity contribution in [1.82, 2.24) is 0 Å². The van der Waals surface area contributed by atoms with Crippen LogP contribution in [0, 0.1) is 0 Å². The summed E-state index contributed by atoms with van der Waals surface area (Å²) in [4.78, 5) is 38.1. The molecule has 1 unspecified atom stereocenters. The first-order valence-corrected chi connectivity index (χ1v) is 35.2. The van der Waals surface area contributed by atoms with Crippen LogP contribution in [0.5, 0.6) is 0 Å². The normalized spacial score (nSPS) is 12.0. The van der Waals surface area contributed by atoms with Crippen LogP contribution in [0.1, 0.15) is 406 Å². The molecule has 0 N–H and O–H groups in total. The van der Waals surface area contributed by atoms with Crippen molar-refractivity contribution >= 4 is 17.9 Å². The molecule has 77 heavy (non-hydrogen) atoms. The van der Waals surface area contributed by atoms with Gasteiger partial charge in [-0.2, -0.15) is 0 Å². The second kappa shape index (κ2) is 66.7. The first-order chi connectivity index (χ1) is 38.0. The monoisotopic (exact) mass is 1090 g/mol. The van der Waals surface area contributed by atoms with Gasteiger partial charge in [-0.3, -0.25) is 14.4 Å². The zero-order valence-electron chi connectivity index (χ0n) is 52.5. The topological polar surface area (TPSA) is 78.9 Å². The molecule has 0 aromatic heterocycles. The van der Waals surface area contributed by atoms with E-state index in [1.807, 2.05) is 0 Å². The summed E-state index contributed by atoms with van der Waals surface area (Å²) in [7, 11) is 0. The Morgan fingerprint density at radius 1 is 0.247 bits per heavy atom. The van der Waals surface area contributed by atoms with Crippen molar-refractivity contribution in [1.29, 1.82) is 0 Å². The Bertz CT molecular complexity index is 1200. The van der Waals surface area contributed by atoms with E-state index in [1.54, 1.807) is 0 Å². The van der Waals surface area contributed by atoms with E-state index in [-0.39, 0.29) is 31.1 Å². The first-order valence-electron chi connectivity index (χ1n) is 35.2. The zero-order valence-corrected chi connectivity index (χ0v) is 52.5. The van der Waals surface area contributed by atoms with Crippen molar-refractivity contribution in [2.45, 2.75) is 412 Å². The minimum atomic E-state index is -0.765. The lowest BCUT2D eigenvalue weighted by Gasteiger charge is -2.18. The Labute approximate surface area is 481 Å². The van der Waals surface area contributed by atoms with Crippen molar-refractivity contribution < 1.29 is 28.6 Å². The molecule has 0 aromatic carbocycles.